The van der Waals surface area contributed by atoms with Gasteiger partial charge in [-0.05, 0) is 19.3 Å². The Kier molecular flexibility index (Phi) is 3.16. The van der Waals surface area contributed by atoms with E-state index >= 15 is 0 Å². The highest BCUT2D eigenvalue weighted by molar-refractivity contribution is 4.77. The zero-order chi connectivity index (χ0) is 7.40. The van der Waals surface area contributed by atoms with Crippen LogP contribution in [0.3, 0.4) is 0 Å². The summed E-state index contributed by atoms with van der Waals surface area (Å²) < 4.78 is 5.42. The largest absolute Gasteiger partial charge is 0.377 e. The Bertz CT molecular complexity index is 91.3. The minimum Gasteiger partial charge on any atom is -0.377 e. The van der Waals surface area contributed by atoms with Crippen molar-refractivity contribution >= 4 is 0 Å². The van der Waals surface area contributed by atoms with E-state index in [0.717, 1.165) is 12.5 Å². The van der Waals surface area contributed by atoms with Crippen LogP contribution in [0, 0.1) is 5.92 Å². The third-order valence-electron chi connectivity index (χ3n) is 1.96. The summed E-state index contributed by atoms with van der Waals surface area (Å²) in [6.45, 7) is 3.51. The van der Waals surface area contributed by atoms with Crippen LogP contribution in [-0.4, -0.2) is 19.3 Å². The molecule has 0 aliphatic heterocycles. The topological polar surface area (TPSA) is 35.2 Å². The Hall–Kier alpha value is -0.0800. The Morgan fingerprint density at radius 1 is 1.60 bits per heavy atom. The van der Waals surface area contributed by atoms with Gasteiger partial charge in [-0.2, -0.15) is 0 Å². The van der Waals surface area contributed by atoms with Crippen LogP contribution in [0.25, 0.3) is 0 Å². The first-order valence-corrected chi connectivity index (χ1v) is 4.18. The van der Waals surface area contributed by atoms with Crippen molar-refractivity contribution in [3.63, 3.8) is 0 Å². The molecule has 1 saturated carbocycles. The monoisotopic (exact) mass is 143 g/mol. The lowest BCUT2D eigenvalue weighted by Crippen LogP contribution is -2.24. The van der Waals surface area contributed by atoms with Crippen LogP contribution in [0.4, 0.5) is 0 Å². The highest BCUT2D eigenvalue weighted by atomic mass is 16.5. The van der Waals surface area contributed by atoms with Gasteiger partial charge in [-0.15, -0.1) is 0 Å². The van der Waals surface area contributed by atoms with E-state index in [9.17, 15) is 0 Å². The predicted molar refractivity (Wildman–Crippen MR) is 41.8 cm³/mol. The van der Waals surface area contributed by atoms with Gasteiger partial charge in [-0.1, -0.05) is 12.8 Å². The SMILES string of the molecule is CCOC(CN)CC1CC1. The van der Waals surface area contributed by atoms with Crippen molar-refractivity contribution in [2.75, 3.05) is 13.2 Å². The van der Waals surface area contributed by atoms with Crippen molar-refractivity contribution in [3.05, 3.63) is 0 Å². The van der Waals surface area contributed by atoms with Gasteiger partial charge in [-0.25, -0.2) is 0 Å². The molecular formula is C8H17NO. The Labute approximate surface area is 62.7 Å². The van der Waals surface area contributed by atoms with Crippen LogP contribution in [0.1, 0.15) is 26.2 Å². The van der Waals surface area contributed by atoms with Crippen molar-refractivity contribution in [2.45, 2.75) is 32.3 Å². The lowest BCUT2D eigenvalue weighted by Gasteiger charge is -2.13. The molecule has 1 aliphatic rings. The van der Waals surface area contributed by atoms with E-state index in [0.29, 0.717) is 12.6 Å². The molecule has 0 radical (unpaired) electrons. The maximum Gasteiger partial charge on any atom is 0.0699 e. The molecule has 2 N–H and O–H groups in total. The van der Waals surface area contributed by atoms with Crippen LogP contribution in [0.2, 0.25) is 0 Å². The Morgan fingerprint density at radius 3 is 2.70 bits per heavy atom. The molecule has 2 nitrogen and oxygen atoms in total. The summed E-state index contributed by atoms with van der Waals surface area (Å²) in [6.07, 6.45) is 4.30. The molecule has 2 heteroatoms. The second-order valence-corrected chi connectivity index (χ2v) is 2.99. The highest BCUT2D eigenvalue weighted by Gasteiger charge is 2.24. The first-order chi connectivity index (χ1) is 4.86. The van der Waals surface area contributed by atoms with Crippen LogP contribution in [0.15, 0.2) is 0 Å². The third-order valence-corrected chi connectivity index (χ3v) is 1.96. The van der Waals surface area contributed by atoms with E-state index < -0.39 is 0 Å². The van der Waals surface area contributed by atoms with E-state index in [1.807, 2.05) is 6.92 Å². The van der Waals surface area contributed by atoms with E-state index in [-0.39, 0.29) is 0 Å². The Morgan fingerprint density at radius 2 is 2.30 bits per heavy atom. The van der Waals surface area contributed by atoms with E-state index in [2.05, 4.69) is 0 Å². The van der Waals surface area contributed by atoms with Crippen LogP contribution >= 0.6 is 0 Å². The smallest absolute Gasteiger partial charge is 0.0699 e. The quantitative estimate of drug-likeness (QED) is 0.626. The third kappa shape index (κ3) is 2.67. The number of hydrogen-bond donors (Lipinski definition) is 1. The summed E-state index contributed by atoms with van der Waals surface area (Å²) in [5.74, 6) is 0.931. The standard InChI is InChI=1S/C8H17NO/c1-2-10-8(6-9)5-7-3-4-7/h7-8H,2-6,9H2,1H3. The molecule has 0 bridgehead atoms. The lowest BCUT2D eigenvalue weighted by molar-refractivity contribution is 0.0591. The average Bonchev–Trinajstić information content (AvgIpc) is 2.71. The summed E-state index contributed by atoms with van der Waals surface area (Å²) in [6, 6.07) is 0. The lowest BCUT2D eigenvalue weighted by atomic mass is 10.2. The summed E-state index contributed by atoms with van der Waals surface area (Å²) in [7, 11) is 0. The number of rotatable bonds is 5. The fourth-order valence-corrected chi connectivity index (χ4v) is 1.19. The molecule has 0 amide bonds. The van der Waals surface area contributed by atoms with Gasteiger partial charge in [-0.3, -0.25) is 0 Å². The molecule has 0 saturated heterocycles. The molecule has 0 aromatic rings. The molecule has 0 heterocycles. The molecule has 1 atom stereocenters. The van der Waals surface area contributed by atoms with Crippen LogP contribution < -0.4 is 5.73 Å². The van der Waals surface area contributed by atoms with Gasteiger partial charge >= 0.3 is 0 Å². The fraction of sp³-hybridized carbons (Fsp3) is 1.00. The first-order valence-electron chi connectivity index (χ1n) is 4.18. The molecule has 1 rings (SSSR count). The van der Waals surface area contributed by atoms with Crippen molar-refractivity contribution < 1.29 is 4.74 Å². The molecule has 10 heavy (non-hydrogen) atoms. The summed E-state index contributed by atoms with van der Waals surface area (Å²) in [5.41, 5.74) is 5.51. The molecule has 0 aromatic heterocycles. The van der Waals surface area contributed by atoms with Gasteiger partial charge in [0, 0.05) is 13.2 Å². The minimum atomic E-state index is 0.331. The maximum absolute atomic E-state index is 5.51. The summed E-state index contributed by atoms with van der Waals surface area (Å²) >= 11 is 0. The first kappa shape index (κ1) is 8.02. The van der Waals surface area contributed by atoms with Crippen molar-refractivity contribution in [1.29, 1.82) is 0 Å². The highest BCUT2D eigenvalue weighted by Crippen LogP contribution is 2.33. The molecular weight excluding hydrogens is 126 g/mol. The molecule has 1 aliphatic carbocycles. The molecule has 60 valence electrons. The second kappa shape index (κ2) is 3.94. The predicted octanol–water partition coefficient (Wildman–Crippen LogP) is 1.15. The number of ether oxygens (including phenoxy) is 1. The zero-order valence-corrected chi connectivity index (χ0v) is 6.68. The molecule has 0 aromatic carbocycles. The molecule has 0 spiro atoms. The van der Waals surface area contributed by atoms with Crippen LogP contribution in [0.5, 0.6) is 0 Å². The van der Waals surface area contributed by atoms with Gasteiger partial charge in [0.15, 0.2) is 0 Å². The van der Waals surface area contributed by atoms with Crippen LogP contribution in [-0.2, 0) is 4.74 Å². The second-order valence-electron chi connectivity index (χ2n) is 2.99. The van der Waals surface area contributed by atoms with Gasteiger partial charge in [0.05, 0.1) is 6.10 Å². The zero-order valence-electron chi connectivity index (χ0n) is 6.68. The Balaban J connectivity index is 2.05. The number of hydrogen-bond acceptors (Lipinski definition) is 2. The fourth-order valence-electron chi connectivity index (χ4n) is 1.19. The normalized spacial score (nSPS) is 21.0. The van der Waals surface area contributed by atoms with Gasteiger partial charge in [0.25, 0.3) is 0 Å². The maximum atomic E-state index is 5.51. The molecule has 1 unspecified atom stereocenters. The average molecular weight is 143 g/mol. The van der Waals surface area contributed by atoms with Crippen molar-refractivity contribution in [3.8, 4) is 0 Å². The van der Waals surface area contributed by atoms with Crippen molar-refractivity contribution in [1.82, 2.24) is 0 Å². The van der Waals surface area contributed by atoms with Crippen molar-refractivity contribution in [2.24, 2.45) is 11.7 Å². The number of nitrogens with two attached hydrogens (primary N) is 1. The summed E-state index contributed by atoms with van der Waals surface area (Å²) in [4.78, 5) is 0. The van der Waals surface area contributed by atoms with E-state index in [4.69, 9.17) is 10.5 Å². The van der Waals surface area contributed by atoms with E-state index in [1.54, 1.807) is 0 Å². The van der Waals surface area contributed by atoms with E-state index in [1.165, 1.54) is 19.3 Å². The van der Waals surface area contributed by atoms with Gasteiger partial charge in [0.1, 0.15) is 0 Å². The summed E-state index contributed by atoms with van der Waals surface area (Å²) in [5, 5.41) is 0. The van der Waals surface area contributed by atoms with Gasteiger partial charge < -0.3 is 10.5 Å². The molecule has 1 fully saturated rings. The minimum absolute atomic E-state index is 0.331. The van der Waals surface area contributed by atoms with Gasteiger partial charge in [0.2, 0.25) is 0 Å².